The lowest BCUT2D eigenvalue weighted by Crippen LogP contribution is -2.39. The molecule has 4 aromatic rings. The molecular formula is C19H20ClN7O2S. The minimum absolute atomic E-state index is 0.318. The summed E-state index contributed by atoms with van der Waals surface area (Å²) in [5, 5.41) is 9.95. The molecular weight excluding hydrogens is 426 g/mol. The van der Waals surface area contributed by atoms with Crippen LogP contribution in [0.15, 0.2) is 45.3 Å². The van der Waals surface area contributed by atoms with E-state index in [4.69, 9.17) is 11.6 Å². The molecule has 0 N–H and O–H groups in total. The second-order valence-electron chi connectivity index (χ2n) is 6.90. The third-order valence-corrected chi connectivity index (χ3v) is 6.25. The van der Waals surface area contributed by atoms with E-state index in [9.17, 15) is 9.59 Å². The van der Waals surface area contributed by atoms with E-state index in [1.807, 2.05) is 35.9 Å². The van der Waals surface area contributed by atoms with Crippen molar-refractivity contribution in [2.75, 3.05) is 5.75 Å². The molecule has 0 unspecified atom stereocenters. The molecule has 4 rings (SSSR count). The van der Waals surface area contributed by atoms with Crippen molar-refractivity contribution in [2.45, 2.75) is 18.1 Å². The fourth-order valence-electron chi connectivity index (χ4n) is 3.27. The quantitative estimate of drug-likeness (QED) is 0.333. The first-order chi connectivity index (χ1) is 14.4. The van der Waals surface area contributed by atoms with Gasteiger partial charge in [0.2, 0.25) is 0 Å². The zero-order chi connectivity index (χ0) is 21.4. The monoisotopic (exact) mass is 445 g/mol. The van der Waals surface area contributed by atoms with Gasteiger partial charge in [0.15, 0.2) is 22.1 Å². The number of rotatable bonds is 6. The fourth-order valence-corrected chi connectivity index (χ4v) is 4.23. The number of hydrogen-bond acceptors (Lipinski definition) is 6. The van der Waals surface area contributed by atoms with Crippen LogP contribution in [0.2, 0.25) is 5.02 Å². The predicted molar refractivity (Wildman–Crippen MR) is 117 cm³/mol. The molecule has 0 saturated carbocycles. The molecule has 0 spiro atoms. The van der Waals surface area contributed by atoms with Gasteiger partial charge in [-0.05, 0) is 30.7 Å². The van der Waals surface area contributed by atoms with Crippen molar-refractivity contribution in [1.82, 2.24) is 33.4 Å². The number of fused-ring (bicyclic) bond motifs is 1. The molecule has 3 heterocycles. The highest BCUT2D eigenvalue weighted by Gasteiger charge is 2.15. The van der Waals surface area contributed by atoms with E-state index >= 15 is 0 Å². The summed E-state index contributed by atoms with van der Waals surface area (Å²) in [5.41, 5.74) is 1.07. The Bertz CT molecular complexity index is 1330. The van der Waals surface area contributed by atoms with Crippen molar-refractivity contribution in [3.05, 3.63) is 56.5 Å². The van der Waals surface area contributed by atoms with Gasteiger partial charge in [0, 0.05) is 44.0 Å². The highest BCUT2D eigenvalue weighted by Crippen LogP contribution is 2.24. The van der Waals surface area contributed by atoms with Gasteiger partial charge in [-0.25, -0.2) is 9.78 Å². The summed E-state index contributed by atoms with van der Waals surface area (Å²) >= 11 is 7.48. The van der Waals surface area contributed by atoms with Gasteiger partial charge < -0.3 is 9.13 Å². The Morgan fingerprint density at radius 1 is 1.03 bits per heavy atom. The first-order valence-corrected chi connectivity index (χ1v) is 10.6. The van der Waals surface area contributed by atoms with E-state index < -0.39 is 0 Å². The van der Waals surface area contributed by atoms with Crippen LogP contribution >= 0.6 is 23.4 Å². The van der Waals surface area contributed by atoms with E-state index in [1.54, 1.807) is 18.7 Å². The number of aryl methyl sites for hydroxylation is 2. The number of benzene rings is 1. The van der Waals surface area contributed by atoms with Crippen molar-refractivity contribution in [2.24, 2.45) is 21.1 Å². The lowest BCUT2D eigenvalue weighted by atomic mass is 10.2. The number of nitrogens with zero attached hydrogens (tertiary/aromatic N) is 7. The molecule has 0 atom stereocenters. The van der Waals surface area contributed by atoms with Crippen molar-refractivity contribution in [3.63, 3.8) is 0 Å². The first-order valence-electron chi connectivity index (χ1n) is 9.27. The lowest BCUT2D eigenvalue weighted by Gasteiger charge is -2.08. The Kier molecular flexibility index (Phi) is 5.52. The maximum absolute atomic E-state index is 12.7. The molecule has 0 aliphatic carbocycles. The van der Waals surface area contributed by atoms with Crippen LogP contribution in [0.3, 0.4) is 0 Å². The van der Waals surface area contributed by atoms with E-state index in [0.717, 1.165) is 16.5 Å². The second kappa shape index (κ2) is 8.11. The van der Waals surface area contributed by atoms with Gasteiger partial charge in [-0.1, -0.05) is 23.4 Å². The average molecular weight is 446 g/mol. The number of aromatic nitrogens is 7. The van der Waals surface area contributed by atoms with Crippen molar-refractivity contribution in [3.8, 4) is 11.4 Å². The Morgan fingerprint density at radius 2 is 1.77 bits per heavy atom. The normalized spacial score (nSPS) is 11.5. The molecule has 156 valence electrons. The molecule has 9 nitrogen and oxygen atoms in total. The third kappa shape index (κ3) is 3.56. The molecule has 0 bridgehead atoms. The largest absolute Gasteiger partial charge is 0.332 e. The molecule has 30 heavy (non-hydrogen) atoms. The Morgan fingerprint density at radius 3 is 2.50 bits per heavy atom. The van der Waals surface area contributed by atoms with E-state index in [2.05, 4.69) is 15.2 Å². The number of thioether (sulfide) groups is 1. The molecule has 0 aliphatic heterocycles. The van der Waals surface area contributed by atoms with Crippen LogP contribution in [0.5, 0.6) is 0 Å². The van der Waals surface area contributed by atoms with Gasteiger partial charge in [0.1, 0.15) is 0 Å². The minimum Gasteiger partial charge on any atom is -0.328 e. The summed E-state index contributed by atoms with van der Waals surface area (Å²) in [6, 6.07) is 7.43. The van der Waals surface area contributed by atoms with Crippen molar-refractivity contribution >= 4 is 34.5 Å². The van der Waals surface area contributed by atoms with E-state index in [-0.39, 0.29) is 11.2 Å². The van der Waals surface area contributed by atoms with Gasteiger partial charge in [-0.2, -0.15) is 0 Å². The van der Waals surface area contributed by atoms with Crippen LogP contribution in [0.4, 0.5) is 0 Å². The maximum Gasteiger partial charge on any atom is 0.332 e. The van der Waals surface area contributed by atoms with Gasteiger partial charge in [0.25, 0.3) is 5.56 Å². The minimum atomic E-state index is -0.361. The highest BCUT2D eigenvalue weighted by molar-refractivity contribution is 7.99. The number of imidazole rings is 1. The number of halogens is 1. The van der Waals surface area contributed by atoms with Crippen LogP contribution in [-0.4, -0.2) is 39.2 Å². The molecule has 1 aromatic carbocycles. The molecule has 3 aromatic heterocycles. The van der Waals surface area contributed by atoms with Crippen LogP contribution in [0.1, 0.15) is 6.42 Å². The molecule has 0 amide bonds. The topological polar surface area (TPSA) is 92.5 Å². The summed E-state index contributed by atoms with van der Waals surface area (Å²) in [6.45, 7) is 0.321. The summed E-state index contributed by atoms with van der Waals surface area (Å²) in [6.07, 6.45) is 2.17. The van der Waals surface area contributed by atoms with Gasteiger partial charge in [-0.3, -0.25) is 13.9 Å². The van der Waals surface area contributed by atoms with E-state index in [1.165, 1.54) is 27.2 Å². The predicted octanol–water partition coefficient (Wildman–Crippen LogP) is 2.06. The molecule has 0 aliphatic rings. The van der Waals surface area contributed by atoms with Gasteiger partial charge >= 0.3 is 5.69 Å². The van der Waals surface area contributed by atoms with Crippen molar-refractivity contribution in [1.29, 1.82) is 0 Å². The van der Waals surface area contributed by atoms with Crippen LogP contribution < -0.4 is 11.2 Å². The SMILES string of the molecule is Cn1c(SCCCn2c(=O)c3c(ncn3C)n(C)c2=O)nnc1-c1ccc(Cl)cc1. The smallest absolute Gasteiger partial charge is 0.328 e. The van der Waals surface area contributed by atoms with E-state index in [0.29, 0.717) is 34.9 Å². The molecule has 11 heteroatoms. The maximum atomic E-state index is 12.7. The Hall–Kier alpha value is -2.85. The summed E-state index contributed by atoms with van der Waals surface area (Å²) in [4.78, 5) is 29.4. The standard InChI is InChI=1S/C19H20ClN7O2S/c1-24-11-21-16-14(24)17(28)27(19(29)26(16)3)9-4-10-30-18-23-22-15(25(18)2)12-5-7-13(20)8-6-12/h5-8,11H,4,9-10H2,1-3H3. The second-order valence-corrected chi connectivity index (χ2v) is 8.40. The number of hydrogen-bond donors (Lipinski definition) is 0. The first kappa shape index (κ1) is 20.4. The van der Waals surface area contributed by atoms with Gasteiger partial charge in [0.05, 0.1) is 6.33 Å². The summed E-state index contributed by atoms with van der Waals surface area (Å²) < 4.78 is 6.23. The van der Waals surface area contributed by atoms with Gasteiger partial charge in [-0.15, -0.1) is 10.2 Å². The van der Waals surface area contributed by atoms with Crippen LogP contribution in [0.25, 0.3) is 22.6 Å². The lowest BCUT2D eigenvalue weighted by molar-refractivity contribution is 0.594. The summed E-state index contributed by atoms with van der Waals surface area (Å²) in [5.74, 6) is 1.44. The molecule has 0 radical (unpaired) electrons. The van der Waals surface area contributed by atoms with Crippen LogP contribution in [0, 0.1) is 0 Å². The fraction of sp³-hybridized carbons (Fsp3) is 0.316. The Balaban J connectivity index is 1.46. The zero-order valence-electron chi connectivity index (χ0n) is 16.7. The van der Waals surface area contributed by atoms with Crippen LogP contribution in [-0.2, 0) is 27.7 Å². The third-order valence-electron chi connectivity index (χ3n) is 4.90. The molecule has 0 fully saturated rings. The summed E-state index contributed by atoms with van der Waals surface area (Å²) in [7, 11) is 5.27. The Labute approximate surface area is 180 Å². The zero-order valence-corrected chi connectivity index (χ0v) is 18.3. The molecule has 0 saturated heterocycles. The average Bonchev–Trinajstić information content (AvgIpc) is 3.29. The highest BCUT2D eigenvalue weighted by atomic mass is 35.5. The van der Waals surface area contributed by atoms with Crippen molar-refractivity contribution < 1.29 is 0 Å².